The number of benzene rings is 2. The summed E-state index contributed by atoms with van der Waals surface area (Å²) < 4.78 is 17.6. The molecule has 0 unspecified atom stereocenters. The van der Waals surface area contributed by atoms with Crippen molar-refractivity contribution >= 4 is 45.9 Å². The molecule has 1 heterocycles. The van der Waals surface area contributed by atoms with Crippen LogP contribution in [0.1, 0.15) is 13.8 Å². The molecule has 0 radical (unpaired) electrons. The van der Waals surface area contributed by atoms with Crippen LogP contribution in [0.15, 0.2) is 40.3 Å². The number of thioether (sulfide) groups is 1. The maximum Gasteiger partial charge on any atom is 0.262 e. The highest BCUT2D eigenvalue weighted by Crippen LogP contribution is 2.40. The van der Waals surface area contributed by atoms with Crippen molar-refractivity contribution in [2.45, 2.75) is 25.5 Å². The minimum atomic E-state index is -0.268. The maximum atomic E-state index is 13.1. The van der Waals surface area contributed by atoms with Crippen molar-refractivity contribution in [1.82, 2.24) is 9.55 Å². The van der Waals surface area contributed by atoms with Gasteiger partial charge in [0.15, 0.2) is 16.7 Å². The molecule has 0 atom stereocenters. The molecule has 0 fully saturated rings. The first-order valence-electron chi connectivity index (χ1n) is 10.2. The molecule has 3 aromatic rings. The van der Waals surface area contributed by atoms with Gasteiger partial charge in [-0.3, -0.25) is 14.2 Å². The molecule has 0 saturated carbocycles. The van der Waals surface area contributed by atoms with E-state index in [-0.39, 0.29) is 23.1 Å². The highest BCUT2D eigenvalue weighted by atomic mass is 35.5. The molecule has 8 nitrogen and oxygen atoms in total. The van der Waals surface area contributed by atoms with Gasteiger partial charge >= 0.3 is 0 Å². The third-order valence-corrected chi connectivity index (χ3v) is 5.92. The van der Waals surface area contributed by atoms with E-state index in [0.717, 1.165) is 0 Å². The maximum absolute atomic E-state index is 13.1. The van der Waals surface area contributed by atoms with E-state index in [1.54, 1.807) is 34.9 Å². The topological polar surface area (TPSA) is 91.7 Å². The molecule has 1 N–H and O–H groups in total. The number of methoxy groups -OCH3 is 3. The summed E-state index contributed by atoms with van der Waals surface area (Å²) in [6.07, 6.45) is 0. The predicted molar refractivity (Wildman–Crippen MR) is 131 cm³/mol. The summed E-state index contributed by atoms with van der Waals surface area (Å²) in [6.45, 7) is 4.51. The molecule has 2 aromatic carbocycles. The zero-order chi connectivity index (χ0) is 24.1. The molecule has 0 aliphatic rings. The zero-order valence-electron chi connectivity index (χ0n) is 19.1. The van der Waals surface area contributed by atoms with Crippen LogP contribution < -0.4 is 25.1 Å². The Hall–Kier alpha value is -2.91. The number of aromatic nitrogens is 2. The molecule has 1 aromatic heterocycles. The van der Waals surface area contributed by atoms with E-state index in [2.05, 4.69) is 10.3 Å². The molecule has 0 saturated heterocycles. The molecule has 33 heavy (non-hydrogen) atoms. The van der Waals surface area contributed by atoms with Gasteiger partial charge in [-0.25, -0.2) is 4.98 Å². The van der Waals surface area contributed by atoms with E-state index < -0.39 is 0 Å². The van der Waals surface area contributed by atoms with Gasteiger partial charge in [-0.05, 0) is 24.1 Å². The van der Waals surface area contributed by atoms with Crippen LogP contribution in [0.2, 0.25) is 5.02 Å². The first-order valence-corrected chi connectivity index (χ1v) is 11.6. The van der Waals surface area contributed by atoms with Gasteiger partial charge in [-0.1, -0.05) is 37.2 Å². The van der Waals surface area contributed by atoms with E-state index in [1.165, 1.54) is 33.1 Å². The standard InChI is InChI=1S/C23H26ClN3O5S/c1-13(2)11-27-22(29)16-8-14(24)6-7-17(16)26-23(27)33-12-20(28)25-15-9-18(30-3)21(32-5)19(10-15)31-4/h6-10,13H,11-12H2,1-5H3,(H,25,28). The summed E-state index contributed by atoms with van der Waals surface area (Å²) >= 11 is 7.27. The van der Waals surface area contributed by atoms with Gasteiger partial charge in [-0.15, -0.1) is 0 Å². The quantitative estimate of drug-likeness (QED) is 0.349. The van der Waals surface area contributed by atoms with Crippen molar-refractivity contribution in [2.24, 2.45) is 5.92 Å². The minimum absolute atomic E-state index is 0.0558. The van der Waals surface area contributed by atoms with Crippen molar-refractivity contribution in [3.63, 3.8) is 0 Å². The first-order chi connectivity index (χ1) is 15.8. The van der Waals surface area contributed by atoms with Crippen LogP contribution in [0.25, 0.3) is 10.9 Å². The zero-order valence-corrected chi connectivity index (χ0v) is 20.7. The monoisotopic (exact) mass is 491 g/mol. The Morgan fingerprint density at radius 3 is 2.36 bits per heavy atom. The lowest BCUT2D eigenvalue weighted by Gasteiger charge is -2.16. The lowest BCUT2D eigenvalue weighted by Crippen LogP contribution is -2.26. The third-order valence-electron chi connectivity index (χ3n) is 4.71. The smallest absolute Gasteiger partial charge is 0.262 e. The second kappa shape index (κ2) is 10.8. The number of hydrogen-bond donors (Lipinski definition) is 1. The number of hydrogen-bond acceptors (Lipinski definition) is 7. The number of carbonyl (C=O) groups excluding carboxylic acids is 1. The van der Waals surface area contributed by atoms with Gasteiger partial charge in [0.25, 0.3) is 5.56 Å². The van der Waals surface area contributed by atoms with E-state index in [4.69, 9.17) is 25.8 Å². The second-order valence-corrected chi connectivity index (χ2v) is 9.00. The molecule has 10 heteroatoms. The predicted octanol–water partition coefficient (Wildman–Crippen LogP) is 4.46. The fraction of sp³-hybridized carbons (Fsp3) is 0.348. The van der Waals surface area contributed by atoms with Gasteiger partial charge in [0, 0.05) is 29.4 Å². The largest absolute Gasteiger partial charge is 0.493 e. The molecule has 1 amide bonds. The number of rotatable bonds is 9. The molecule has 0 aliphatic carbocycles. The van der Waals surface area contributed by atoms with E-state index in [1.807, 2.05) is 13.8 Å². The SMILES string of the molecule is COc1cc(NC(=O)CSc2nc3ccc(Cl)cc3c(=O)n2CC(C)C)cc(OC)c1OC. The molecule has 176 valence electrons. The Labute approximate surface area is 201 Å². The molecule has 0 aliphatic heterocycles. The fourth-order valence-electron chi connectivity index (χ4n) is 3.29. The van der Waals surface area contributed by atoms with Crippen molar-refractivity contribution in [1.29, 1.82) is 0 Å². The normalized spacial score (nSPS) is 11.0. The van der Waals surface area contributed by atoms with Crippen molar-refractivity contribution < 1.29 is 19.0 Å². The van der Waals surface area contributed by atoms with Gasteiger partial charge in [-0.2, -0.15) is 0 Å². The van der Waals surface area contributed by atoms with Crippen LogP contribution in [-0.2, 0) is 11.3 Å². The Balaban J connectivity index is 1.84. The Morgan fingerprint density at radius 1 is 1.12 bits per heavy atom. The average molecular weight is 492 g/mol. The summed E-state index contributed by atoms with van der Waals surface area (Å²) in [4.78, 5) is 30.4. The third kappa shape index (κ3) is 5.72. The lowest BCUT2D eigenvalue weighted by molar-refractivity contribution is -0.113. The number of ether oxygens (including phenoxy) is 3. The van der Waals surface area contributed by atoms with Gasteiger partial charge in [0.2, 0.25) is 11.7 Å². The van der Waals surface area contributed by atoms with Crippen LogP contribution in [0.5, 0.6) is 17.2 Å². The summed E-state index contributed by atoms with van der Waals surface area (Å²) in [5.41, 5.74) is 0.858. The number of nitrogens with zero attached hydrogens (tertiary/aromatic N) is 2. The van der Waals surface area contributed by atoms with Crippen molar-refractivity contribution in [3.05, 3.63) is 45.7 Å². The highest BCUT2D eigenvalue weighted by Gasteiger charge is 2.17. The van der Waals surface area contributed by atoms with Crippen LogP contribution in [0.4, 0.5) is 5.69 Å². The second-order valence-electron chi connectivity index (χ2n) is 7.62. The van der Waals surface area contributed by atoms with Gasteiger partial charge in [0.05, 0.1) is 38.0 Å². The summed E-state index contributed by atoms with van der Waals surface area (Å²) in [6, 6.07) is 8.31. The van der Waals surface area contributed by atoms with Crippen LogP contribution >= 0.6 is 23.4 Å². The Morgan fingerprint density at radius 2 is 1.79 bits per heavy atom. The first kappa shape index (κ1) is 24.7. The number of nitrogens with one attached hydrogen (secondary N) is 1. The van der Waals surface area contributed by atoms with E-state index in [0.29, 0.717) is 50.6 Å². The van der Waals surface area contributed by atoms with Gasteiger partial charge < -0.3 is 19.5 Å². The average Bonchev–Trinajstić information content (AvgIpc) is 2.79. The van der Waals surface area contributed by atoms with Gasteiger partial charge in [0.1, 0.15) is 0 Å². The minimum Gasteiger partial charge on any atom is -0.493 e. The van der Waals surface area contributed by atoms with Crippen molar-refractivity contribution in [3.8, 4) is 17.2 Å². The number of carbonyl (C=O) groups is 1. The number of anilines is 1. The highest BCUT2D eigenvalue weighted by molar-refractivity contribution is 7.99. The summed E-state index contributed by atoms with van der Waals surface area (Å²) in [5, 5.41) is 4.23. The Kier molecular flexibility index (Phi) is 8.10. The fourth-order valence-corrected chi connectivity index (χ4v) is 4.27. The summed E-state index contributed by atoms with van der Waals surface area (Å²) in [5.74, 6) is 1.30. The molecular weight excluding hydrogens is 466 g/mol. The number of fused-ring (bicyclic) bond motifs is 1. The number of halogens is 1. The number of amides is 1. The molecule has 0 spiro atoms. The van der Waals surface area contributed by atoms with Crippen LogP contribution in [-0.4, -0.2) is 42.5 Å². The van der Waals surface area contributed by atoms with Crippen molar-refractivity contribution in [2.75, 3.05) is 32.4 Å². The molecule has 3 rings (SSSR count). The van der Waals surface area contributed by atoms with E-state index >= 15 is 0 Å². The van der Waals surface area contributed by atoms with Crippen LogP contribution in [0, 0.1) is 5.92 Å². The summed E-state index contributed by atoms with van der Waals surface area (Å²) in [7, 11) is 4.52. The Bertz CT molecular complexity index is 1200. The molecular formula is C23H26ClN3O5S. The van der Waals surface area contributed by atoms with Crippen LogP contribution in [0.3, 0.4) is 0 Å². The molecule has 0 bridgehead atoms. The van der Waals surface area contributed by atoms with E-state index in [9.17, 15) is 9.59 Å². The lowest BCUT2D eigenvalue weighted by atomic mass is 10.2.